The van der Waals surface area contributed by atoms with Crippen LogP contribution in [0, 0.1) is 19.7 Å². The molecule has 0 radical (unpaired) electrons. The van der Waals surface area contributed by atoms with Gasteiger partial charge in [0.15, 0.2) is 5.69 Å². The first-order chi connectivity index (χ1) is 13.3. The molecule has 0 unspecified atom stereocenters. The molecule has 1 aromatic heterocycles. The quantitative estimate of drug-likeness (QED) is 0.631. The maximum Gasteiger partial charge on any atom is 0.274 e. The second kappa shape index (κ2) is 8.30. The van der Waals surface area contributed by atoms with Crippen molar-refractivity contribution in [3.63, 3.8) is 0 Å². The Hall–Kier alpha value is -3.07. The lowest BCUT2D eigenvalue weighted by molar-refractivity contribution is -0.115. The lowest BCUT2D eigenvalue weighted by atomic mass is 10.2. The number of aromatic nitrogens is 3. The highest BCUT2D eigenvalue weighted by Crippen LogP contribution is 2.19. The van der Waals surface area contributed by atoms with Crippen molar-refractivity contribution in [3.05, 3.63) is 69.7 Å². The Bertz CT molecular complexity index is 1030. The van der Waals surface area contributed by atoms with Gasteiger partial charge in [0.1, 0.15) is 5.82 Å². The van der Waals surface area contributed by atoms with Crippen molar-refractivity contribution >= 4 is 33.4 Å². The predicted octanol–water partition coefficient (Wildman–Crippen LogP) is 3.15. The molecule has 0 bridgehead atoms. The fraction of sp³-hybridized carbons (Fsp3) is 0.158. The SMILES string of the molecule is Cc1cc(Br)ccc1NC(=O)CNC(=O)c1nnn(-c2ccc(F)cc2)c1C. The number of hydrogen-bond acceptors (Lipinski definition) is 4. The summed E-state index contributed by atoms with van der Waals surface area (Å²) in [6.45, 7) is 3.33. The van der Waals surface area contributed by atoms with E-state index in [2.05, 4.69) is 36.9 Å². The molecule has 0 aliphatic carbocycles. The molecule has 0 aliphatic rings. The minimum absolute atomic E-state index is 0.0944. The van der Waals surface area contributed by atoms with Crippen LogP contribution in [0.2, 0.25) is 0 Å². The number of carbonyl (C=O) groups excluding carboxylic acids is 2. The first kappa shape index (κ1) is 19.7. The van der Waals surface area contributed by atoms with E-state index in [1.165, 1.54) is 28.9 Å². The summed E-state index contributed by atoms with van der Waals surface area (Å²) < 4.78 is 15.4. The molecule has 9 heteroatoms. The van der Waals surface area contributed by atoms with E-state index in [0.717, 1.165) is 10.0 Å². The van der Waals surface area contributed by atoms with Gasteiger partial charge in [-0.05, 0) is 61.9 Å². The molecular formula is C19H17BrFN5O2. The minimum atomic E-state index is -0.520. The smallest absolute Gasteiger partial charge is 0.274 e. The van der Waals surface area contributed by atoms with E-state index in [1.807, 2.05) is 19.1 Å². The molecule has 2 amide bonds. The first-order valence-electron chi connectivity index (χ1n) is 8.37. The standard InChI is InChI=1S/C19H17BrFN5O2/c1-11-9-13(20)3-8-16(11)23-17(27)10-22-19(28)18-12(2)26(25-24-18)15-6-4-14(21)5-7-15/h3-9H,10H2,1-2H3,(H,22,28)(H,23,27). The molecule has 28 heavy (non-hydrogen) atoms. The lowest BCUT2D eigenvalue weighted by Crippen LogP contribution is -2.33. The van der Waals surface area contributed by atoms with Crippen LogP contribution >= 0.6 is 15.9 Å². The molecule has 0 spiro atoms. The average molecular weight is 446 g/mol. The zero-order valence-corrected chi connectivity index (χ0v) is 16.7. The zero-order valence-electron chi connectivity index (χ0n) is 15.2. The number of nitrogens with one attached hydrogen (secondary N) is 2. The molecule has 0 aliphatic heterocycles. The van der Waals surface area contributed by atoms with E-state index in [4.69, 9.17) is 0 Å². The number of carbonyl (C=O) groups is 2. The summed E-state index contributed by atoms with van der Waals surface area (Å²) in [4.78, 5) is 24.5. The first-order valence-corrected chi connectivity index (χ1v) is 9.17. The molecule has 7 nitrogen and oxygen atoms in total. The molecule has 0 atom stereocenters. The molecule has 2 N–H and O–H groups in total. The third kappa shape index (κ3) is 4.42. The Morgan fingerprint density at radius 2 is 1.86 bits per heavy atom. The Morgan fingerprint density at radius 1 is 1.14 bits per heavy atom. The molecule has 0 saturated carbocycles. The summed E-state index contributed by atoms with van der Waals surface area (Å²) >= 11 is 3.36. The molecule has 0 fully saturated rings. The van der Waals surface area contributed by atoms with E-state index in [0.29, 0.717) is 17.1 Å². The Kier molecular flexibility index (Phi) is 5.84. The normalized spacial score (nSPS) is 10.6. The highest BCUT2D eigenvalue weighted by molar-refractivity contribution is 9.10. The molecule has 0 saturated heterocycles. The van der Waals surface area contributed by atoms with Gasteiger partial charge in [0.2, 0.25) is 5.91 Å². The van der Waals surface area contributed by atoms with Crippen LogP contribution in [0.4, 0.5) is 10.1 Å². The average Bonchev–Trinajstić information content (AvgIpc) is 3.04. The summed E-state index contributed by atoms with van der Waals surface area (Å²) in [5.74, 6) is -1.25. The largest absolute Gasteiger partial charge is 0.342 e. The Morgan fingerprint density at radius 3 is 2.54 bits per heavy atom. The number of aryl methyl sites for hydroxylation is 1. The lowest BCUT2D eigenvalue weighted by Gasteiger charge is -2.09. The van der Waals surface area contributed by atoms with Crippen LogP contribution in [-0.4, -0.2) is 33.4 Å². The molecule has 3 rings (SSSR count). The van der Waals surface area contributed by atoms with Gasteiger partial charge in [-0.15, -0.1) is 5.10 Å². The number of hydrogen-bond donors (Lipinski definition) is 2. The maximum absolute atomic E-state index is 13.1. The number of anilines is 1. The third-order valence-electron chi connectivity index (χ3n) is 4.05. The van der Waals surface area contributed by atoms with Crippen molar-refractivity contribution in [2.24, 2.45) is 0 Å². The van der Waals surface area contributed by atoms with E-state index >= 15 is 0 Å². The van der Waals surface area contributed by atoms with Crippen molar-refractivity contribution in [3.8, 4) is 5.69 Å². The third-order valence-corrected chi connectivity index (χ3v) is 4.55. The summed E-state index contributed by atoms with van der Waals surface area (Å²) in [6, 6.07) is 11.1. The fourth-order valence-electron chi connectivity index (χ4n) is 2.57. The summed E-state index contributed by atoms with van der Waals surface area (Å²) in [7, 11) is 0. The van der Waals surface area contributed by atoms with E-state index < -0.39 is 5.91 Å². The van der Waals surface area contributed by atoms with Crippen LogP contribution in [0.15, 0.2) is 46.9 Å². The highest BCUT2D eigenvalue weighted by atomic mass is 79.9. The van der Waals surface area contributed by atoms with E-state index in [-0.39, 0.29) is 24.0 Å². The van der Waals surface area contributed by atoms with Gasteiger partial charge in [-0.2, -0.15) is 0 Å². The summed E-state index contributed by atoms with van der Waals surface area (Å²) in [6.07, 6.45) is 0. The van der Waals surface area contributed by atoms with Gasteiger partial charge in [-0.3, -0.25) is 9.59 Å². The van der Waals surface area contributed by atoms with E-state index in [9.17, 15) is 14.0 Å². The number of nitrogens with zero attached hydrogens (tertiary/aromatic N) is 3. The van der Waals surface area contributed by atoms with Gasteiger partial charge >= 0.3 is 0 Å². The Labute approximate surface area is 169 Å². The molecule has 2 aromatic carbocycles. The predicted molar refractivity (Wildman–Crippen MR) is 106 cm³/mol. The summed E-state index contributed by atoms with van der Waals surface area (Å²) in [5, 5.41) is 13.1. The number of halogens is 2. The molecule has 1 heterocycles. The summed E-state index contributed by atoms with van der Waals surface area (Å²) in [5.41, 5.74) is 2.71. The van der Waals surface area contributed by atoms with Crippen LogP contribution in [0.5, 0.6) is 0 Å². The van der Waals surface area contributed by atoms with Gasteiger partial charge in [0.25, 0.3) is 5.91 Å². The highest BCUT2D eigenvalue weighted by Gasteiger charge is 2.18. The van der Waals surface area contributed by atoms with Gasteiger partial charge in [0.05, 0.1) is 17.9 Å². The fourth-order valence-corrected chi connectivity index (χ4v) is 3.05. The number of benzene rings is 2. The molecular weight excluding hydrogens is 429 g/mol. The van der Waals surface area contributed by atoms with Crippen molar-refractivity contribution in [1.82, 2.24) is 20.3 Å². The molecule has 3 aromatic rings. The number of rotatable bonds is 5. The minimum Gasteiger partial charge on any atom is -0.342 e. The van der Waals surface area contributed by atoms with Crippen molar-refractivity contribution < 1.29 is 14.0 Å². The van der Waals surface area contributed by atoms with Crippen LogP contribution in [0.25, 0.3) is 5.69 Å². The second-order valence-electron chi connectivity index (χ2n) is 6.10. The Balaban J connectivity index is 1.63. The van der Waals surface area contributed by atoms with Crippen LogP contribution in [-0.2, 0) is 4.79 Å². The van der Waals surface area contributed by atoms with Gasteiger partial charge in [0, 0.05) is 10.2 Å². The van der Waals surface area contributed by atoms with Crippen molar-refractivity contribution in [1.29, 1.82) is 0 Å². The van der Waals surface area contributed by atoms with Gasteiger partial charge in [-0.1, -0.05) is 21.1 Å². The van der Waals surface area contributed by atoms with Gasteiger partial charge < -0.3 is 10.6 Å². The van der Waals surface area contributed by atoms with Crippen LogP contribution < -0.4 is 10.6 Å². The van der Waals surface area contributed by atoms with Crippen LogP contribution in [0.1, 0.15) is 21.7 Å². The second-order valence-corrected chi connectivity index (χ2v) is 7.02. The monoisotopic (exact) mass is 445 g/mol. The maximum atomic E-state index is 13.1. The molecule has 144 valence electrons. The van der Waals surface area contributed by atoms with Crippen molar-refractivity contribution in [2.75, 3.05) is 11.9 Å². The van der Waals surface area contributed by atoms with E-state index in [1.54, 1.807) is 13.0 Å². The topological polar surface area (TPSA) is 88.9 Å². The van der Waals surface area contributed by atoms with Gasteiger partial charge in [-0.25, -0.2) is 9.07 Å². The zero-order chi connectivity index (χ0) is 20.3. The van der Waals surface area contributed by atoms with Crippen molar-refractivity contribution in [2.45, 2.75) is 13.8 Å². The van der Waals surface area contributed by atoms with Crippen LogP contribution in [0.3, 0.4) is 0 Å². The number of amides is 2.